The number of anilines is 1. The number of pyridine rings is 1. The van der Waals surface area contributed by atoms with E-state index in [0.717, 1.165) is 36.9 Å². The van der Waals surface area contributed by atoms with E-state index >= 15 is 0 Å². The second-order valence-corrected chi connectivity index (χ2v) is 5.92. The molecule has 0 unspecified atom stereocenters. The molecule has 1 aromatic carbocycles. The Hall–Kier alpha value is -3.16. The van der Waals surface area contributed by atoms with Crippen LogP contribution in [0.1, 0.15) is 24.1 Å². The molecule has 0 fully saturated rings. The first-order valence-electron chi connectivity index (χ1n) is 8.30. The molecule has 0 aliphatic heterocycles. The highest BCUT2D eigenvalue weighted by atomic mass is 16.6. The van der Waals surface area contributed by atoms with Crippen LogP contribution in [-0.2, 0) is 17.6 Å². The summed E-state index contributed by atoms with van der Waals surface area (Å²) in [5, 5.41) is 13.5. The molecule has 1 N–H and O–H groups in total. The topological polar surface area (TPSA) is 104 Å². The van der Waals surface area contributed by atoms with Crippen molar-refractivity contribution in [3.05, 3.63) is 51.8 Å². The van der Waals surface area contributed by atoms with Crippen molar-refractivity contribution in [2.75, 3.05) is 19.0 Å². The Morgan fingerprint density at radius 1 is 1.27 bits per heavy atom. The normalized spacial score (nSPS) is 12.8. The van der Waals surface area contributed by atoms with Gasteiger partial charge in [-0.2, -0.15) is 0 Å². The number of nitrogens with zero attached hydrogens (tertiary/aromatic N) is 2. The molecule has 0 radical (unpaired) electrons. The van der Waals surface area contributed by atoms with Gasteiger partial charge < -0.3 is 14.8 Å². The fourth-order valence-corrected chi connectivity index (χ4v) is 2.95. The number of aryl methyl sites for hydroxylation is 1. The van der Waals surface area contributed by atoms with Gasteiger partial charge in [-0.3, -0.25) is 19.9 Å². The summed E-state index contributed by atoms with van der Waals surface area (Å²) in [6, 6.07) is 5.76. The monoisotopic (exact) mass is 357 g/mol. The number of aromatic nitrogens is 1. The van der Waals surface area contributed by atoms with Crippen molar-refractivity contribution in [1.29, 1.82) is 0 Å². The van der Waals surface area contributed by atoms with Gasteiger partial charge >= 0.3 is 0 Å². The summed E-state index contributed by atoms with van der Waals surface area (Å²) in [6.07, 6.45) is 5.72. The lowest BCUT2D eigenvalue weighted by Crippen LogP contribution is -2.21. The van der Waals surface area contributed by atoms with Crippen LogP contribution in [0.2, 0.25) is 0 Å². The molecule has 8 nitrogen and oxygen atoms in total. The maximum Gasteiger partial charge on any atom is 0.273 e. The first-order valence-corrected chi connectivity index (χ1v) is 8.30. The molecule has 0 saturated carbocycles. The van der Waals surface area contributed by atoms with E-state index in [2.05, 4.69) is 10.3 Å². The highest BCUT2D eigenvalue weighted by Crippen LogP contribution is 2.30. The minimum absolute atomic E-state index is 0.112. The number of nitro benzene ring substituents is 1. The Bertz CT molecular complexity index is 838. The second kappa shape index (κ2) is 7.81. The Morgan fingerprint density at radius 2 is 2.08 bits per heavy atom. The lowest BCUT2D eigenvalue weighted by molar-refractivity contribution is -0.384. The lowest BCUT2D eigenvalue weighted by atomic mass is 9.95. The number of rotatable bonds is 6. The van der Waals surface area contributed by atoms with Crippen molar-refractivity contribution in [2.45, 2.75) is 25.7 Å². The number of nitrogens with one attached hydrogen (secondary N) is 1. The van der Waals surface area contributed by atoms with Gasteiger partial charge in [-0.25, -0.2) is 0 Å². The van der Waals surface area contributed by atoms with Gasteiger partial charge in [0.25, 0.3) is 11.6 Å². The molecule has 0 bridgehead atoms. The Morgan fingerprint density at radius 3 is 2.85 bits per heavy atom. The summed E-state index contributed by atoms with van der Waals surface area (Å²) < 4.78 is 10.8. The molecule has 26 heavy (non-hydrogen) atoms. The third-order valence-electron chi connectivity index (χ3n) is 4.22. The van der Waals surface area contributed by atoms with E-state index < -0.39 is 4.92 Å². The third kappa shape index (κ3) is 3.90. The van der Waals surface area contributed by atoms with E-state index in [9.17, 15) is 14.9 Å². The maximum absolute atomic E-state index is 12.2. The van der Waals surface area contributed by atoms with Crippen LogP contribution in [0.5, 0.6) is 11.5 Å². The number of hydrogen-bond donors (Lipinski definition) is 1. The van der Waals surface area contributed by atoms with E-state index in [-0.39, 0.29) is 24.0 Å². The van der Waals surface area contributed by atoms with E-state index in [0.29, 0.717) is 11.4 Å². The van der Waals surface area contributed by atoms with Crippen molar-refractivity contribution in [3.8, 4) is 11.5 Å². The molecule has 8 heteroatoms. The molecular formula is C18H19N3O5. The van der Waals surface area contributed by atoms with Crippen LogP contribution >= 0.6 is 0 Å². The summed E-state index contributed by atoms with van der Waals surface area (Å²) in [4.78, 5) is 26.9. The maximum atomic E-state index is 12.2. The van der Waals surface area contributed by atoms with Crippen LogP contribution in [0.25, 0.3) is 0 Å². The van der Waals surface area contributed by atoms with Crippen LogP contribution in [-0.4, -0.2) is 29.5 Å². The number of non-ortho nitro benzene ring substituents is 1. The summed E-state index contributed by atoms with van der Waals surface area (Å²) in [6.45, 7) is -0.170. The predicted octanol–water partition coefficient (Wildman–Crippen LogP) is 2.89. The van der Waals surface area contributed by atoms with E-state index in [1.165, 1.54) is 25.3 Å². The molecule has 1 aliphatic carbocycles. The number of benzene rings is 1. The zero-order chi connectivity index (χ0) is 18.5. The number of methoxy groups -OCH3 is 1. The molecule has 1 aliphatic rings. The largest absolute Gasteiger partial charge is 0.494 e. The van der Waals surface area contributed by atoms with Gasteiger partial charge in [0, 0.05) is 23.5 Å². The lowest BCUT2D eigenvalue weighted by Gasteiger charge is -2.18. The zero-order valence-electron chi connectivity index (χ0n) is 14.4. The smallest absolute Gasteiger partial charge is 0.273 e. The summed E-state index contributed by atoms with van der Waals surface area (Å²) in [5.41, 5.74) is 2.34. The van der Waals surface area contributed by atoms with Crippen LogP contribution in [0.4, 0.5) is 11.4 Å². The predicted molar refractivity (Wildman–Crippen MR) is 94.7 cm³/mol. The third-order valence-corrected chi connectivity index (χ3v) is 4.22. The Kier molecular flexibility index (Phi) is 5.31. The van der Waals surface area contributed by atoms with Crippen molar-refractivity contribution < 1.29 is 19.2 Å². The number of carbonyl (C=O) groups excluding carboxylic acids is 1. The fraction of sp³-hybridized carbons (Fsp3) is 0.333. The average molecular weight is 357 g/mol. The summed E-state index contributed by atoms with van der Waals surface area (Å²) >= 11 is 0. The minimum atomic E-state index is -0.524. The van der Waals surface area contributed by atoms with Crippen LogP contribution in [0, 0.1) is 10.1 Å². The van der Waals surface area contributed by atoms with Crippen LogP contribution in [0.3, 0.4) is 0 Å². The first-order chi connectivity index (χ1) is 12.6. The van der Waals surface area contributed by atoms with Crippen LogP contribution in [0.15, 0.2) is 30.5 Å². The molecule has 1 heterocycles. The first kappa shape index (κ1) is 17.7. The van der Waals surface area contributed by atoms with Crippen molar-refractivity contribution in [2.24, 2.45) is 0 Å². The number of nitro groups is 1. The number of amides is 1. The molecule has 3 rings (SSSR count). The number of carbonyl (C=O) groups is 1. The van der Waals surface area contributed by atoms with Gasteiger partial charge in [-0.05, 0) is 37.8 Å². The standard InChI is InChI=1S/C18H19N3O5/c1-25-17-10-12(21(23)24)6-7-15(17)20-18(22)11-26-16-8-9-19-14-5-3-2-4-13(14)16/h6-10H,2-5,11H2,1H3,(H,20,22). The van der Waals surface area contributed by atoms with Gasteiger partial charge in [-0.15, -0.1) is 0 Å². The van der Waals surface area contributed by atoms with Crippen molar-refractivity contribution in [3.63, 3.8) is 0 Å². The number of hydrogen-bond acceptors (Lipinski definition) is 6. The van der Waals surface area contributed by atoms with E-state index in [1.54, 1.807) is 12.3 Å². The van der Waals surface area contributed by atoms with Crippen LogP contribution < -0.4 is 14.8 Å². The van der Waals surface area contributed by atoms with Gasteiger partial charge in [0.15, 0.2) is 6.61 Å². The van der Waals surface area contributed by atoms with Gasteiger partial charge in [0.05, 0.1) is 23.8 Å². The van der Waals surface area contributed by atoms with Gasteiger partial charge in [-0.1, -0.05) is 0 Å². The van der Waals surface area contributed by atoms with E-state index in [4.69, 9.17) is 9.47 Å². The molecule has 136 valence electrons. The molecule has 0 saturated heterocycles. The van der Waals surface area contributed by atoms with Crippen molar-refractivity contribution in [1.82, 2.24) is 4.98 Å². The van der Waals surface area contributed by atoms with E-state index in [1.807, 2.05) is 0 Å². The van der Waals surface area contributed by atoms with Gasteiger partial charge in [0.1, 0.15) is 11.5 Å². The number of fused-ring (bicyclic) bond motifs is 1. The zero-order valence-corrected chi connectivity index (χ0v) is 14.4. The molecular weight excluding hydrogens is 338 g/mol. The summed E-state index contributed by atoms with van der Waals surface area (Å²) in [7, 11) is 1.38. The molecule has 2 aromatic rings. The molecule has 1 aromatic heterocycles. The SMILES string of the molecule is COc1cc([N+](=O)[O-])ccc1NC(=O)COc1ccnc2c1CCCC2. The quantitative estimate of drug-likeness (QED) is 0.630. The molecule has 0 spiro atoms. The Labute approximate surface area is 150 Å². The van der Waals surface area contributed by atoms with Crippen molar-refractivity contribution >= 4 is 17.3 Å². The van der Waals surface area contributed by atoms with Gasteiger partial charge in [0.2, 0.25) is 0 Å². The highest BCUT2D eigenvalue weighted by molar-refractivity contribution is 5.93. The molecule has 0 atom stereocenters. The Balaban J connectivity index is 1.66. The summed E-state index contributed by atoms with van der Waals surface area (Å²) in [5.74, 6) is 0.521. The fourth-order valence-electron chi connectivity index (χ4n) is 2.95. The second-order valence-electron chi connectivity index (χ2n) is 5.92. The minimum Gasteiger partial charge on any atom is -0.494 e. The highest BCUT2D eigenvalue weighted by Gasteiger charge is 2.17. The number of ether oxygens (including phenoxy) is 2. The average Bonchev–Trinajstić information content (AvgIpc) is 2.66. The molecule has 1 amide bonds.